The minimum atomic E-state index is -0.762. The molecule has 5 nitrogen and oxygen atoms in total. The standard InChI is InChI=1S/C12H17N3O2/c1-9-2-3-13-5-10(9)6-15-12(4-11(16)17)7-14-8-12/h2-3,5,14-15H,4,6-8H2,1H3,(H,16,17). The summed E-state index contributed by atoms with van der Waals surface area (Å²) in [5, 5.41) is 15.3. The number of carbonyl (C=O) groups is 1. The summed E-state index contributed by atoms with van der Waals surface area (Å²) >= 11 is 0. The lowest BCUT2D eigenvalue weighted by molar-refractivity contribution is -0.139. The third-order valence-corrected chi connectivity index (χ3v) is 3.22. The third-order valence-electron chi connectivity index (χ3n) is 3.22. The Morgan fingerprint density at radius 3 is 2.94 bits per heavy atom. The van der Waals surface area contributed by atoms with Gasteiger partial charge in [0.15, 0.2) is 0 Å². The second-order valence-corrected chi connectivity index (χ2v) is 4.61. The van der Waals surface area contributed by atoms with E-state index in [0.717, 1.165) is 5.56 Å². The highest BCUT2D eigenvalue weighted by atomic mass is 16.4. The van der Waals surface area contributed by atoms with Crippen LogP contribution in [0.4, 0.5) is 0 Å². The maximum absolute atomic E-state index is 10.8. The van der Waals surface area contributed by atoms with Crippen molar-refractivity contribution in [1.82, 2.24) is 15.6 Å². The zero-order chi connectivity index (χ0) is 12.3. The SMILES string of the molecule is Cc1ccncc1CNC1(CC(=O)O)CNC1. The Bertz CT molecular complexity index is 416. The van der Waals surface area contributed by atoms with E-state index < -0.39 is 5.97 Å². The number of carboxylic acid groups (broad SMARTS) is 1. The van der Waals surface area contributed by atoms with Gasteiger partial charge in [-0.25, -0.2) is 0 Å². The minimum absolute atomic E-state index is 0.152. The molecule has 0 aromatic carbocycles. The summed E-state index contributed by atoms with van der Waals surface area (Å²) in [6.07, 6.45) is 3.74. The molecule has 92 valence electrons. The monoisotopic (exact) mass is 235 g/mol. The van der Waals surface area contributed by atoms with Gasteiger partial charge in [-0.3, -0.25) is 9.78 Å². The van der Waals surface area contributed by atoms with Gasteiger partial charge in [-0.15, -0.1) is 0 Å². The first kappa shape index (κ1) is 12.0. The number of nitrogens with one attached hydrogen (secondary N) is 2. The molecule has 0 unspecified atom stereocenters. The normalized spacial score (nSPS) is 17.5. The first-order valence-electron chi connectivity index (χ1n) is 5.68. The van der Waals surface area contributed by atoms with Crippen LogP contribution in [-0.4, -0.2) is 34.7 Å². The molecule has 0 spiro atoms. The van der Waals surface area contributed by atoms with Gasteiger partial charge in [-0.05, 0) is 24.1 Å². The number of hydrogen-bond acceptors (Lipinski definition) is 4. The second kappa shape index (κ2) is 4.81. The van der Waals surface area contributed by atoms with Gasteiger partial charge < -0.3 is 15.7 Å². The third kappa shape index (κ3) is 2.81. The maximum atomic E-state index is 10.8. The molecule has 17 heavy (non-hydrogen) atoms. The van der Waals surface area contributed by atoms with Gasteiger partial charge in [-0.1, -0.05) is 0 Å². The lowest BCUT2D eigenvalue weighted by Gasteiger charge is -2.42. The Kier molecular flexibility index (Phi) is 3.40. The molecule has 1 aliphatic heterocycles. The molecule has 1 aromatic heterocycles. The minimum Gasteiger partial charge on any atom is -0.481 e. The molecular weight excluding hydrogens is 218 g/mol. The van der Waals surface area contributed by atoms with Crippen molar-refractivity contribution in [2.24, 2.45) is 0 Å². The van der Waals surface area contributed by atoms with Crippen LogP contribution in [0, 0.1) is 6.92 Å². The van der Waals surface area contributed by atoms with E-state index in [1.807, 2.05) is 19.2 Å². The molecule has 0 aliphatic carbocycles. The van der Waals surface area contributed by atoms with Crippen molar-refractivity contribution in [3.63, 3.8) is 0 Å². The summed E-state index contributed by atoms with van der Waals surface area (Å²) in [5.74, 6) is -0.762. The predicted octanol–water partition coefficient (Wildman–Crippen LogP) is 0.296. The number of aryl methyl sites for hydroxylation is 1. The van der Waals surface area contributed by atoms with Crippen molar-refractivity contribution < 1.29 is 9.90 Å². The van der Waals surface area contributed by atoms with E-state index in [1.54, 1.807) is 6.20 Å². The Balaban J connectivity index is 1.97. The smallest absolute Gasteiger partial charge is 0.305 e. The second-order valence-electron chi connectivity index (χ2n) is 4.61. The summed E-state index contributed by atoms with van der Waals surface area (Å²) in [6, 6.07) is 1.96. The fraction of sp³-hybridized carbons (Fsp3) is 0.500. The average molecular weight is 235 g/mol. The van der Waals surface area contributed by atoms with Crippen LogP contribution in [0.3, 0.4) is 0 Å². The van der Waals surface area contributed by atoms with Gasteiger partial charge in [0, 0.05) is 32.0 Å². The molecule has 2 rings (SSSR count). The van der Waals surface area contributed by atoms with Gasteiger partial charge in [0.05, 0.1) is 12.0 Å². The highest BCUT2D eigenvalue weighted by Gasteiger charge is 2.38. The zero-order valence-electron chi connectivity index (χ0n) is 9.86. The van der Waals surface area contributed by atoms with E-state index >= 15 is 0 Å². The van der Waals surface area contributed by atoms with E-state index in [9.17, 15) is 4.79 Å². The first-order chi connectivity index (χ1) is 8.11. The number of rotatable bonds is 5. The zero-order valence-corrected chi connectivity index (χ0v) is 9.86. The summed E-state index contributed by atoms with van der Waals surface area (Å²) in [7, 11) is 0. The Hall–Kier alpha value is -1.46. The quantitative estimate of drug-likeness (QED) is 0.684. The van der Waals surface area contributed by atoms with Crippen molar-refractivity contribution in [2.45, 2.75) is 25.4 Å². The number of aromatic nitrogens is 1. The highest BCUT2D eigenvalue weighted by molar-refractivity contribution is 5.68. The lowest BCUT2D eigenvalue weighted by Crippen LogP contribution is -2.68. The van der Waals surface area contributed by atoms with E-state index in [1.165, 1.54) is 5.56 Å². The molecule has 0 amide bonds. The molecule has 0 saturated carbocycles. The van der Waals surface area contributed by atoms with Crippen LogP contribution in [0.1, 0.15) is 17.5 Å². The summed E-state index contributed by atoms with van der Waals surface area (Å²) in [5.41, 5.74) is 1.99. The van der Waals surface area contributed by atoms with Gasteiger partial charge in [0.25, 0.3) is 0 Å². The van der Waals surface area contributed by atoms with Crippen LogP contribution < -0.4 is 10.6 Å². The molecule has 2 heterocycles. The van der Waals surface area contributed by atoms with Crippen molar-refractivity contribution in [1.29, 1.82) is 0 Å². The Morgan fingerprint density at radius 1 is 1.65 bits per heavy atom. The molecule has 5 heteroatoms. The molecule has 1 aliphatic rings. The van der Waals surface area contributed by atoms with Crippen molar-refractivity contribution in [2.75, 3.05) is 13.1 Å². The van der Waals surface area contributed by atoms with Crippen molar-refractivity contribution in [3.05, 3.63) is 29.6 Å². The van der Waals surface area contributed by atoms with E-state index in [2.05, 4.69) is 15.6 Å². The van der Waals surface area contributed by atoms with Crippen molar-refractivity contribution >= 4 is 5.97 Å². The molecule has 1 saturated heterocycles. The number of hydrogen-bond donors (Lipinski definition) is 3. The Morgan fingerprint density at radius 2 is 2.41 bits per heavy atom. The van der Waals surface area contributed by atoms with E-state index in [0.29, 0.717) is 19.6 Å². The molecule has 0 bridgehead atoms. The first-order valence-corrected chi connectivity index (χ1v) is 5.68. The highest BCUT2D eigenvalue weighted by Crippen LogP contribution is 2.17. The van der Waals surface area contributed by atoms with Gasteiger partial charge in [0.1, 0.15) is 0 Å². The van der Waals surface area contributed by atoms with Crippen LogP contribution in [0.5, 0.6) is 0 Å². The Labute approximate surface area is 100 Å². The average Bonchev–Trinajstić information content (AvgIpc) is 2.23. The number of aliphatic carboxylic acids is 1. The van der Waals surface area contributed by atoms with E-state index in [-0.39, 0.29) is 12.0 Å². The van der Waals surface area contributed by atoms with Crippen LogP contribution in [0.25, 0.3) is 0 Å². The predicted molar refractivity (Wildman–Crippen MR) is 63.7 cm³/mol. The molecule has 0 atom stereocenters. The molecule has 0 radical (unpaired) electrons. The topological polar surface area (TPSA) is 74.2 Å². The summed E-state index contributed by atoms with van der Waals surface area (Å²) < 4.78 is 0. The van der Waals surface area contributed by atoms with Crippen LogP contribution in [-0.2, 0) is 11.3 Å². The summed E-state index contributed by atoms with van der Waals surface area (Å²) in [6.45, 7) is 4.10. The van der Waals surface area contributed by atoms with Crippen LogP contribution >= 0.6 is 0 Å². The van der Waals surface area contributed by atoms with Crippen molar-refractivity contribution in [3.8, 4) is 0 Å². The maximum Gasteiger partial charge on any atom is 0.305 e. The van der Waals surface area contributed by atoms with Gasteiger partial charge >= 0.3 is 5.97 Å². The molecule has 1 aromatic rings. The van der Waals surface area contributed by atoms with E-state index in [4.69, 9.17) is 5.11 Å². The lowest BCUT2D eigenvalue weighted by atomic mass is 9.88. The van der Waals surface area contributed by atoms with Gasteiger partial charge in [-0.2, -0.15) is 0 Å². The molecule has 3 N–H and O–H groups in total. The van der Waals surface area contributed by atoms with Crippen LogP contribution in [0.2, 0.25) is 0 Å². The van der Waals surface area contributed by atoms with Gasteiger partial charge in [0.2, 0.25) is 0 Å². The molecular formula is C12H17N3O2. The number of pyridine rings is 1. The fourth-order valence-corrected chi connectivity index (χ4v) is 1.99. The van der Waals surface area contributed by atoms with Crippen LogP contribution in [0.15, 0.2) is 18.5 Å². The number of carboxylic acids is 1. The molecule has 1 fully saturated rings. The fourth-order valence-electron chi connectivity index (χ4n) is 1.99. The summed E-state index contributed by atoms with van der Waals surface area (Å²) in [4.78, 5) is 14.9. The number of nitrogens with zero attached hydrogens (tertiary/aromatic N) is 1. The largest absolute Gasteiger partial charge is 0.481 e.